The number of fused-ring (bicyclic) bond motifs is 5. The number of nitrogens with zero attached hydrogens (tertiary/aromatic N) is 1. The standard InChI is InChI=1S/C19H16N2O2.C9H16/c1-23-16-9-5-8-14-17-15(10-11-20-19(17)22)21(18(14)16)12-13-6-3-2-4-7-13;1-7-5-9(2)4-3-8(7)6-9/h2-11H,12H2,1H3,(H,20,22);7-8H,3-6H2,1-2H3. The van der Waals surface area contributed by atoms with Gasteiger partial charge in [0.25, 0.3) is 5.56 Å². The summed E-state index contributed by atoms with van der Waals surface area (Å²) in [4.78, 5) is 15.1. The smallest absolute Gasteiger partial charge is 0.258 e. The van der Waals surface area contributed by atoms with Gasteiger partial charge in [-0.15, -0.1) is 0 Å². The Hall–Kier alpha value is -3.01. The molecule has 3 unspecified atom stereocenters. The lowest BCUT2D eigenvalue weighted by molar-refractivity contribution is 0.281. The van der Waals surface area contributed by atoms with Crippen molar-refractivity contribution in [3.05, 3.63) is 76.7 Å². The van der Waals surface area contributed by atoms with Gasteiger partial charge in [-0.05, 0) is 60.6 Å². The van der Waals surface area contributed by atoms with Crippen LogP contribution in [0.2, 0.25) is 0 Å². The number of nitrogens with one attached hydrogen (secondary N) is 1. The van der Waals surface area contributed by atoms with Crippen LogP contribution in [0.1, 0.15) is 45.1 Å². The number of hydrogen-bond donors (Lipinski definition) is 1. The average molecular weight is 429 g/mol. The minimum atomic E-state index is -0.0763. The van der Waals surface area contributed by atoms with Gasteiger partial charge in [0.2, 0.25) is 0 Å². The molecule has 2 saturated carbocycles. The average Bonchev–Trinajstić information content (AvgIpc) is 3.43. The summed E-state index contributed by atoms with van der Waals surface area (Å²) < 4.78 is 7.69. The largest absolute Gasteiger partial charge is 0.495 e. The van der Waals surface area contributed by atoms with Crippen molar-refractivity contribution in [3.63, 3.8) is 0 Å². The molecule has 0 spiro atoms. The number of pyridine rings is 1. The zero-order valence-corrected chi connectivity index (χ0v) is 19.2. The van der Waals surface area contributed by atoms with Crippen LogP contribution in [-0.2, 0) is 6.54 Å². The number of aromatic amines is 1. The molecular weight excluding hydrogens is 396 g/mol. The summed E-state index contributed by atoms with van der Waals surface area (Å²) in [5.41, 5.74) is 3.75. The molecule has 2 aliphatic carbocycles. The molecule has 2 bridgehead atoms. The molecule has 4 nitrogen and oxygen atoms in total. The normalized spacial score (nSPS) is 24.0. The number of ether oxygens (including phenoxy) is 1. The maximum atomic E-state index is 12.3. The van der Waals surface area contributed by atoms with E-state index >= 15 is 0 Å². The van der Waals surface area contributed by atoms with Gasteiger partial charge in [-0.25, -0.2) is 0 Å². The molecule has 2 aromatic carbocycles. The van der Waals surface area contributed by atoms with Gasteiger partial charge in [0.15, 0.2) is 0 Å². The summed E-state index contributed by atoms with van der Waals surface area (Å²) in [5, 5.41) is 1.62. The molecule has 0 amide bonds. The SMILES string of the molecule is CC1CC2(C)CCC1C2.COc1cccc2c3c(=O)[nH]ccc3n(Cc3ccccc3)c12. The van der Waals surface area contributed by atoms with Crippen LogP contribution in [0, 0.1) is 17.3 Å². The monoisotopic (exact) mass is 428 g/mol. The van der Waals surface area contributed by atoms with Crippen LogP contribution in [0.3, 0.4) is 0 Å². The molecule has 3 atom stereocenters. The molecule has 2 heterocycles. The number of para-hydroxylation sites is 1. The predicted octanol–water partition coefficient (Wildman–Crippen LogP) is 6.37. The maximum Gasteiger partial charge on any atom is 0.258 e. The minimum absolute atomic E-state index is 0.0763. The maximum absolute atomic E-state index is 12.3. The van der Waals surface area contributed by atoms with Gasteiger partial charge in [0.1, 0.15) is 5.75 Å². The van der Waals surface area contributed by atoms with Crippen molar-refractivity contribution < 1.29 is 4.74 Å². The summed E-state index contributed by atoms with van der Waals surface area (Å²) in [6.07, 6.45) is 7.78. The third kappa shape index (κ3) is 3.62. The van der Waals surface area contributed by atoms with E-state index < -0.39 is 0 Å². The molecule has 2 aliphatic rings. The van der Waals surface area contributed by atoms with Crippen LogP contribution in [0.4, 0.5) is 0 Å². The Morgan fingerprint density at radius 3 is 2.53 bits per heavy atom. The lowest BCUT2D eigenvalue weighted by Gasteiger charge is -2.23. The van der Waals surface area contributed by atoms with Crippen LogP contribution in [-0.4, -0.2) is 16.7 Å². The molecule has 0 saturated heterocycles. The Labute approximate surface area is 189 Å². The molecule has 166 valence electrons. The summed E-state index contributed by atoms with van der Waals surface area (Å²) in [6.45, 7) is 5.58. The molecule has 6 rings (SSSR count). The Morgan fingerprint density at radius 2 is 1.91 bits per heavy atom. The molecule has 4 aromatic rings. The van der Waals surface area contributed by atoms with Gasteiger partial charge in [-0.3, -0.25) is 4.79 Å². The molecule has 0 radical (unpaired) electrons. The molecule has 1 N–H and O–H groups in total. The van der Waals surface area contributed by atoms with Gasteiger partial charge in [-0.1, -0.05) is 56.3 Å². The third-order valence-corrected chi connectivity index (χ3v) is 7.66. The van der Waals surface area contributed by atoms with E-state index in [9.17, 15) is 4.79 Å². The zero-order chi connectivity index (χ0) is 22.3. The zero-order valence-electron chi connectivity index (χ0n) is 19.2. The first-order valence-electron chi connectivity index (χ1n) is 11.7. The van der Waals surface area contributed by atoms with Crippen molar-refractivity contribution in [2.45, 2.75) is 46.1 Å². The number of benzene rings is 2. The first-order chi connectivity index (χ1) is 15.5. The molecule has 4 heteroatoms. The van der Waals surface area contributed by atoms with Crippen molar-refractivity contribution in [2.24, 2.45) is 17.3 Å². The van der Waals surface area contributed by atoms with Gasteiger partial charge in [-0.2, -0.15) is 0 Å². The van der Waals surface area contributed by atoms with E-state index in [2.05, 4.69) is 35.5 Å². The van der Waals surface area contributed by atoms with E-state index in [0.717, 1.165) is 39.4 Å². The minimum Gasteiger partial charge on any atom is -0.495 e. The summed E-state index contributed by atoms with van der Waals surface area (Å²) >= 11 is 0. The second-order valence-corrected chi connectivity index (χ2v) is 9.99. The number of rotatable bonds is 3. The highest BCUT2D eigenvalue weighted by molar-refractivity contribution is 6.09. The summed E-state index contributed by atoms with van der Waals surface area (Å²) in [7, 11) is 1.66. The van der Waals surface area contributed by atoms with Crippen LogP contribution < -0.4 is 10.3 Å². The van der Waals surface area contributed by atoms with E-state index in [1.807, 2.05) is 42.5 Å². The van der Waals surface area contributed by atoms with Crippen molar-refractivity contribution in [3.8, 4) is 5.75 Å². The number of methoxy groups -OCH3 is 1. The van der Waals surface area contributed by atoms with Crippen LogP contribution in [0.5, 0.6) is 5.75 Å². The van der Waals surface area contributed by atoms with Gasteiger partial charge in [0.05, 0.1) is 23.5 Å². The van der Waals surface area contributed by atoms with Crippen LogP contribution in [0.15, 0.2) is 65.6 Å². The Bertz CT molecular complexity index is 1300. The topological polar surface area (TPSA) is 47.0 Å². The molecular formula is C28H32N2O2. The van der Waals surface area contributed by atoms with Gasteiger partial charge < -0.3 is 14.3 Å². The lowest BCUT2D eigenvalue weighted by Crippen LogP contribution is -2.12. The molecule has 32 heavy (non-hydrogen) atoms. The Balaban J connectivity index is 0.000000199. The van der Waals surface area contributed by atoms with Crippen molar-refractivity contribution in [1.29, 1.82) is 0 Å². The second kappa shape index (κ2) is 8.16. The van der Waals surface area contributed by atoms with E-state index in [1.165, 1.54) is 31.2 Å². The third-order valence-electron chi connectivity index (χ3n) is 7.66. The number of hydrogen-bond acceptors (Lipinski definition) is 2. The highest BCUT2D eigenvalue weighted by atomic mass is 16.5. The second-order valence-electron chi connectivity index (χ2n) is 9.99. The number of H-pyrrole nitrogens is 1. The first-order valence-corrected chi connectivity index (χ1v) is 11.7. The van der Waals surface area contributed by atoms with E-state index in [-0.39, 0.29) is 5.56 Å². The van der Waals surface area contributed by atoms with Crippen molar-refractivity contribution in [1.82, 2.24) is 9.55 Å². The molecule has 2 aromatic heterocycles. The van der Waals surface area contributed by atoms with Gasteiger partial charge in [0, 0.05) is 18.1 Å². The number of aromatic nitrogens is 2. The molecule has 2 fully saturated rings. The lowest BCUT2D eigenvalue weighted by atomic mass is 9.82. The molecule has 0 aliphatic heterocycles. The highest BCUT2D eigenvalue weighted by Gasteiger charge is 2.45. The summed E-state index contributed by atoms with van der Waals surface area (Å²) in [6, 6.07) is 18.0. The fourth-order valence-corrected chi connectivity index (χ4v) is 6.16. The quantitative estimate of drug-likeness (QED) is 0.412. The Kier molecular flexibility index (Phi) is 5.32. The van der Waals surface area contributed by atoms with Crippen LogP contribution in [0.25, 0.3) is 21.8 Å². The Morgan fingerprint density at radius 1 is 1.09 bits per heavy atom. The highest BCUT2D eigenvalue weighted by Crippen LogP contribution is 2.56. The van der Waals surface area contributed by atoms with Crippen LogP contribution >= 0.6 is 0 Å². The summed E-state index contributed by atoms with van der Waals surface area (Å²) in [5.74, 6) is 2.92. The van der Waals surface area contributed by atoms with Crippen molar-refractivity contribution in [2.75, 3.05) is 7.11 Å². The fraction of sp³-hybridized carbons (Fsp3) is 0.393. The first kappa shape index (κ1) is 20.9. The predicted molar refractivity (Wildman–Crippen MR) is 131 cm³/mol. The van der Waals surface area contributed by atoms with E-state index in [1.54, 1.807) is 13.3 Å². The van der Waals surface area contributed by atoms with Gasteiger partial charge >= 0.3 is 0 Å². The van der Waals surface area contributed by atoms with E-state index in [4.69, 9.17) is 4.74 Å². The van der Waals surface area contributed by atoms with E-state index in [0.29, 0.717) is 11.9 Å². The fourth-order valence-electron chi connectivity index (χ4n) is 6.16. The van der Waals surface area contributed by atoms with Crippen molar-refractivity contribution >= 4 is 21.8 Å².